The minimum absolute atomic E-state index is 0.180. The van der Waals surface area contributed by atoms with Crippen molar-refractivity contribution in [3.63, 3.8) is 0 Å². The molecule has 1 saturated heterocycles. The molecule has 0 radical (unpaired) electrons. The number of benzene rings is 1. The topological polar surface area (TPSA) is 40.6 Å². The van der Waals surface area contributed by atoms with Crippen LogP contribution in [0, 0.1) is 5.92 Å². The van der Waals surface area contributed by atoms with Gasteiger partial charge < -0.3 is 9.80 Å². The lowest BCUT2D eigenvalue weighted by molar-refractivity contribution is -0.133. The van der Waals surface area contributed by atoms with Gasteiger partial charge in [-0.1, -0.05) is 31.0 Å². The van der Waals surface area contributed by atoms with Crippen LogP contribution in [0.25, 0.3) is 0 Å². The molecule has 3 rings (SSSR count). The van der Waals surface area contributed by atoms with Gasteiger partial charge in [-0.3, -0.25) is 9.59 Å². The van der Waals surface area contributed by atoms with Crippen LogP contribution in [0.2, 0.25) is 0 Å². The number of hydrogen-bond donors (Lipinski definition) is 0. The highest BCUT2D eigenvalue weighted by atomic mass is 32.2. The number of hydrogen-bond acceptors (Lipinski definition) is 3. The van der Waals surface area contributed by atoms with Crippen LogP contribution in [0.5, 0.6) is 0 Å². The molecule has 4 nitrogen and oxygen atoms in total. The average molecular weight is 361 g/mol. The van der Waals surface area contributed by atoms with Crippen LogP contribution >= 0.6 is 11.8 Å². The lowest BCUT2D eigenvalue weighted by Crippen LogP contribution is -2.38. The third-order valence-corrected chi connectivity index (χ3v) is 6.24. The molecule has 2 amide bonds. The molecule has 0 unspecified atom stereocenters. The van der Waals surface area contributed by atoms with Gasteiger partial charge in [0.15, 0.2) is 0 Å². The van der Waals surface area contributed by atoms with Crippen molar-refractivity contribution >= 4 is 23.6 Å². The van der Waals surface area contributed by atoms with Crippen LogP contribution in [-0.4, -0.2) is 53.5 Å². The van der Waals surface area contributed by atoms with Crippen LogP contribution < -0.4 is 0 Å². The summed E-state index contributed by atoms with van der Waals surface area (Å²) < 4.78 is 0. The fourth-order valence-electron chi connectivity index (χ4n) is 3.76. The molecule has 0 atom stereocenters. The predicted octanol–water partition coefficient (Wildman–Crippen LogP) is 3.42. The van der Waals surface area contributed by atoms with E-state index in [4.69, 9.17) is 0 Å². The third kappa shape index (κ3) is 5.50. The monoisotopic (exact) mass is 360 g/mol. The van der Waals surface area contributed by atoms with E-state index in [9.17, 15) is 9.59 Å². The molecule has 1 heterocycles. The zero-order valence-electron chi connectivity index (χ0n) is 14.9. The molecule has 5 heteroatoms. The summed E-state index contributed by atoms with van der Waals surface area (Å²) in [5.41, 5.74) is 0. The van der Waals surface area contributed by atoms with Gasteiger partial charge in [0.2, 0.25) is 11.8 Å². The van der Waals surface area contributed by atoms with E-state index in [1.54, 1.807) is 11.8 Å². The summed E-state index contributed by atoms with van der Waals surface area (Å²) in [5, 5.41) is 0. The Morgan fingerprint density at radius 2 is 1.52 bits per heavy atom. The summed E-state index contributed by atoms with van der Waals surface area (Å²) in [7, 11) is 0. The van der Waals surface area contributed by atoms with Crippen molar-refractivity contribution in [3.8, 4) is 0 Å². The van der Waals surface area contributed by atoms with E-state index < -0.39 is 0 Å². The maximum atomic E-state index is 12.5. The normalized spacial score (nSPS) is 19.0. The molecule has 2 aliphatic rings. The fourth-order valence-corrected chi connectivity index (χ4v) is 4.58. The Balaban J connectivity index is 1.44. The minimum atomic E-state index is 0.180. The van der Waals surface area contributed by atoms with Gasteiger partial charge in [0.1, 0.15) is 0 Å². The van der Waals surface area contributed by atoms with E-state index in [0.29, 0.717) is 37.1 Å². The standard InChI is InChI=1S/C20H28N2O2S/c23-19(15-17-7-4-5-8-17)21-11-6-12-22(14-13-21)20(24)16-25-18-9-2-1-3-10-18/h1-3,9-10,17H,4-8,11-16H2. The fraction of sp³-hybridized carbons (Fsp3) is 0.600. The van der Waals surface area contributed by atoms with E-state index in [-0.39, 0.29) is 5.91 Å². The molecule has 2 fully saturated rings. The number of nitrogens with zero attached hydrogens (tertiary/aromatic N) is 2. The smallest absolute Gasteiger partial charge is 0.232 e. The quantitative estimate of drug-likeness (QED) is 0.756. The first kappa shape index (κ1) is 18.3. The van der Waals surface area contributed by atoms with Crippen LogP contribution in [0.3, 0.4) is 0 Å². The summed E-state index contributed by atoms with van der Waals surface area (Å²) in [4.78, 5) is 30.0. The van der Waals surface area contributed by atoms with Crippen LogP contribution in [0.4, 0.5) is 0 Å². The van der Waals surface area contributed by atoms with Crippen molar-refractivity contribution in [2.45, 2.75) is 43.4 Å². The van der Waals surface area contributed by atoms with Gasteiger partial charge in [-0.15, -0.1) is 11.8 Å². The van der Waals surface area contributed by atoms with Crippen molar-refractivity contribution < 1.29 is 9.59 Å². The molecule has 1 aliphatic heterocycles. The van der Waals surface area contributed by atoms with Gasteiger partial charge in [-0.25, -0.2) is 0 Å². The van der Waals surface area contributed by atoms with Crippen LogP contribution in [0.1, 0.15) is 38.5 Å². The average Bonchev–Trinajstić information content (AvgIpc) is 3.01. The van der Waals surface area contributed by atoms with Crippen molar-refractivity contribution in [1.82, 2.24) is 9.80 Å². The predicted molar refractivity (Wildman–Crippen MR) is 102 cm³/mol. The second kappa shape index (κ2) is 9.27. The van der Waals surface area contributed by atoms with E-state index in [1.807, 2.05) is 40.1 Å². The largest absolute Gasteiger partial charge is 0.341 e. The summed E-state index contributed by atoms with van der Waals surface area (Å²) in [6.07, 6.45) is 6.57. The molecule has 25 heavy (non-hydrogen) atoms. The number of amides is 2. The molecule has 1 saturated carbocycles. The molecule has 1 aromatic rings. The Bertz CT molecular complexity index is 572. The molecule has 0 bridgehead atoms. The van der Waals surface area contributed by atoms with Gasteiger partial charge in [-0.05, 0) is 37.3 Å². The molecule has 0 aromatic heterocycles. The number of rotatable bonds is 5. The van der Waals surface area contributed by atoms with Crippen molar-refractivity contribution in [2.75, 3.05) is 31.9 Å². The molecule has 1 aromatic carbocycles. The van der Waals surface area contributed by atoms with Crippen molar-refractivity contribution in [2.24, 2.45) is 5.92 Å². The zero-order chi connectivity index (χ0) is 17.5. The highest BCUT2D eigenvalue weighted by Crippen LogP contribution is 2.28. The molecule has 136 valence electrons. The Labute approximate surface area is 154 Å². The first-order valence-corrected chi connectivity index (χ1v) is 10.4. The van der Waals surface area contributed by atoms with E-state index in [0.717, 1.165) is 24.4 Å². The van der Waals surface area contributed by atoms with E-state index >= 15 is 0 Å². The van der Waals surface area contributed by atoms with E-state index in [2.05, 4.69) is 0 Å². The van der Waals surface area contributed by atoms with Gasteiger partial charge in [0.25, 0.3) is 0 Å². The lowest BCUT2D eigenvalue weighted by Gasteiger charge is -2.23. The zero-order valence-corrected chi connectivity index (χ0v) is 15.7. The second-order valence-corrected chi connectivity index (χ2v) is 8.12. The Morgan fingerprint density at radius 3 is 2.20 bits per heavy atom. The molecule has 0 spiro atoms. The van der Waals surface area contributed by atoms with Crippen molar-refractivity contribution in [3.05, 3.63) is 30.3 Å². The van der Waals surface area contributed by atoms with Crippen LogP contribution in [-0.2, 0) is 9.59 Å². The first-order chi connectivity index (χ1) is 12.2. The maximum absolute atomic E-state index is 12.5. The lowest BCUT2D eigenvalue weighted by atomic mass is 10.0. The Morgan fingerprint density at radius 1 is 0.880 bits per heavy atom. The van der Waals surface area contributed by atoms with Gasteiger partial charge in [0, 0.05) is 37.5 Å². The summed E-state index contributed by atoms with van der Waals surface area (Å²) in [6.45, 7) is 2.92. The molecular weight excluding hydrogens is 332 g/mol. The van der Waals surface area contributed by atoms with E-state index in [1.165, 1.54) is 25.7 Å². The molecule has 0 N–H and O–H groups in total. The van der Waals surface area contributed by atoms with Crippen LogP contribution in [0.15, 0.2) is 35.2 Å². The first-order valence-electron chi connectivity index (χ1n) is 9.46. The summed E-state index contributed by atoms with van der Waals surface area (Å²) >= 11 is 1.59. The highest BCUT2D eigenvalue weighted by molar-refractivity contribution is 8.00. The molecular formula is C20H28N2O2S. The summed E-state index contributed by atoms with van der Waals surface area (Å²) in [5.74, 6) is 1.54. The molecule has 1 aliphatic carbocycles. The maximum Gasteiger partial charge on any atom is 0.232 e. The Hall–Kier alpha value is -1.49. The van der Waals surface area contributed by atoms with Gasteiger partial charge >= 0.3 is 0 Å². The minimum Gasteiger partial charge on any atom is -0.341 e. The number of thioether (sulfide) groups is 1. The van der Waals surface area contributed by atoms with Gasteiger partial charge in [-0.2, -0.15) is 0 Å². The third-order valence-electron chi connectivity index (χ3n) is 5.24. The summed E-state index contributed by atoms with van der Waals surface area (Å²) in [6, 6.07) is 10.0. The Kier molecular flexibility index (Phi) is 6.79. The number of carbonyl (C=O) groups excluding carboxylic acids is 2. The van der Waals surface area contributed by atoms with Gasteiger partial charge in [0.05, 0.1) is 5.75 Å². The van der Waals surface area contributed by atoms with Crippen molar-refractivity contribution in [1.29, 1.82) is 0 Å². The SMILES string of the molecule is O=C(CSc1ccccc1)N1CCCN(C(=O)CC2CCCC2)CC1. The number of carbonyl (C=O) groups is 2. The second-order valence-electron chi connectivity index (χ2n) is 7.07. The highest BCUT2D eigenvalue weighted by Gasteiger charge is 2.25.